The zero-order valence-electron chi connectivity index (χ0n) is 11.8. The van der Waals surface area contributed by atoms with Gasteiger partial charge in [-0.05, 0) is 24.8 Å². The lowest BCUT2D eigenvalue weighted by molar-refractivity contribution is -0.139. The molecule has 4 nitrogen and oxygen atoms in total. The molecule has 0 heterocycles. The SMILES string of the molecule is CC(C)CC(C)(O)CNC(C(=O)O)c1ccccc1. The molecule has 0 saturated carbocycles. The maximum atomic E-state index is 11.3. The summed E-state index contributed by atoms with van der Waals surface area (Å²) in [5.74, 6) is -0.580. The van der Waals surface area contributed by atoms with E-state index in [0.717, 1.165) is 0 Å². The predicted octanol–water partition coefficient (Wildman–Crippen LogP) is 2.20. The van der Waals surface area contributed by atoms with E-state index < -0.39 is 17.6 Å². The van der Waals surface area contributed by atoms with Crippen LogP contribution in [0, 0.1) is 5.92 Å². The molecule has 0 bridgehead atoms. The van der Waals surface area contributed by atoms with Gasteiger partial charge in [-0.1, -0.05) is 44.2 Å². The highest BCUT2D eigenvalue weighted by molar-refractivity contribution is 5.75. The van der Waals surface area contributed by atoms with Crippen LogP contribution >= 0.6 is 0 Å². The summed E-state index contributed by atoms with van der Waals surface area (Å²) in [5.41, 5.74) is -0.216. The number of carboxylic acid groups (broad SMARTS) is 1. The number of aliphatic carboxylic acids is 1. The number of carboxylic acids is 1. The molecule has 0 amide bonds. The Morgan fingerprint density at radius 1 is 1.32 bits per heavy atom. The van der Waals surface area contributed by atoms with Gasteiger partial charge in [-0.2, -0.15) is 0 Å². The van der Waals surface area contributed by atoms with Crippen molar-refractivity contribution in [1.82, 2.24) is 5.32 Å². The normalized spacial score (nSPS) is 16.1. The van der Waals surface area contributed by atoms with Crippen LogP contribution in [0.3, 0.4) is 0 Å². The molecule has 106 valence electrons. The smallest absolute Gasteiger partial charge is 0.325 e. The molecule has 2 atom stereocenters. The molecule has 1 rings (SSSR count). The first kappa shape index (κ1) is 15.7. The van der Waals surface area contributed by atoms with Gasteiger partial charge in [0.1, 0.15) is 6.04 Å². The van der Waals surface area contributed by atoms with Gasteiger partial charge in [0, 0.05) is 6.54 Å². The molecule has 1 aromatic rings. The number of hydrogen-bond donors (Lipinski definition) is 3. The minimum atomic E-state index is -0.938. The van der Waals surface area contributed by atoms with Crippen molar-refractivity contribution in [3.05, 3.63) is 35.9 Å². The highest BCUT2D eigenvalue weighted by Gasteiger charge is 2.26. The van der Waals surface area contributed by atoms with Crippen LogP contribution in [0.2, 0.25) is 0 Å². The van der Waals surface area contributed by atoms with Crippen LogP contribution in [-0.4, -0.2) is 28.3 Å². The second-order valence-corrected chi connectivity index (χ2v) is 5.66. The van der Waals surface area contributed by atoms with Gasteiger partial charge in [0.15, 0.2) is 0 Å². The Morgan fingerprint density at radius 3 is 2.37 bits per heavy atom. The molecule has 0 radical (unpaired) electrons. The number of nitrogens with one attached hydrogen (secondary N) is 1. The molecular weight excluding hydrogens is 242 g/mol. The first-order valence-electron chi connectivity index (χ1n) is 6.55. The highest BCUT2D eigenvalue weighted by Crippen LogP contribution is 2.18. The van der Waals surface area contributed by atoms with E-state index in [1.807, 2.05) is 19.9 Å². The minimum absolute atomic E-state index is 0.247. The van der Waals surface area contributed by atoms with E-state index >= 15 is 0 Å². The molecule has 0 fully saturated rings. The minimum Gasteiger partial charge on any atom is -0.480 e. The summed E-state index contributed by atoms with van der Waals surface area (Å²) in [7, 11) is 0. The molecule has 4 heteroatoms. The van der Waals surface area contributed by atoms with Crippen molar-refractivity contribution in [2.45, 2.75) is 38.8 Å². The fourth-order valence-electron chi connectivity index (χ4n) is 2.27. The third-order valence-corrected chi connectivity index (χ3v) is 2.91. The maximum absolute atomic E-state index is 11.3. The van der Waals surface area contributed by atoms with Crippen molar-refractivity contribution in [1.29, 1.82) is 0 Å². The van der Waals surface area contributed by atoms with Gasteiger partial charge in [0.05, 0.1) is 5.60 Å². The first-order chi connectivity index (χ1) is 8.82. The second-order valence-electron chi connectivity index (χ2n) is 5.66. The van der Waals surface area contributed by atoms with Gasteiger partial charge >= 0.3 is 5.97 Å². The standard InChI is InChI=1S/C15H23NO3/c1-11(2)9-15(3,19)10-16-13(14(17)18)12-7-5-4-6-8-12/h4-8,11,13,16,19H,9-10H2,1-3H3,(H,17,18). The first-order valence-corrected chi connectivity index (χ1v) is 6.55. The van der Waals surface area contributed by atoms with Gasteiger partial charge in [0.25, 0.3) is 0 Å². The Morgan fingerprint density at radius 2 is 1.89 bits per heavy atom. The average Bonchev–Trinajstić information content (AvgIpc) is 2.28. The molecular formula is C15H23NO3. The summed E-state index contributed by atoms with van der Waals surface area (Å²) >= 11 is 0. The van der Waals surface area contributed by atoms with Crippen LogP contribution in [0.5, 0.6) is 0 Å². The van der Waals surface area contributed by atoms with Crippen LogP contribution in [0.15, 0.2) is 30.3 Å². The van der Waals surface area contributed by atoms with Crippen molar-refractivity contribution >= 4 is 5.97 Å². The summed E-state index contributed by atoms with van der Waals surface area (Å²) in [4.78, 5) is 11.3. The van der Waals surface area contributed by atoms with Gasteiger partial charge in [0.2, 0.25) is 0 Å². The number of carbonyl (C=O) groups is 1. The quantitative estimate of drug-likeness (QED) is 0.707. The van der Waals surface area contributed by atoms with E-state index in [2.05, 4.69) is 5.32 Å². The van der Waals surface area contributed by atoms with Crippen LogP contribution in [0.25, 0.3) is 0 Å². The Kier molecular flexibility index (Phi) is 5.51. The van der Waals surface area contributed by atoms with Crippen LogP contribution in [0.1, 0.15) is 38.8 Å². The fourth-order valence-corrected chi connectivity index (χ4v) is 2.27. The lowest BCUT2D eigenvalue weighted by Gasteiger charge is -2.27. The largest absolute Gasteiger partial charge is 0.480 e. The van der Waals surface area contributed by atoms with Crippen LogP contribution < -0.4 is 5.32 Å². The zero-order chi connectivity index (χ0) is 14.5. The summed E-state index contributed by atoms with van der Waals surface area (Å²) < 4.78 is 0. The van der Waals surface area contributed by atoms with Crippen molar-refractivity contribution in [2.75, 3.05) is 6.54 Å². The van der Waals surface area contributed by atoms with E-state index in [9.17, 15) is 15.0 Å². The predicted molar refractivity (Wildman–Crippen MR) is 74.9 cm³/mol. The molecule has 0 aliphatic carbocycles. The van der Waals surface area contributed by atoms with E-state index in [1.165, 1.54) is 0 Å². The van der Waals surface area contributed by atoms with E-state index in [-0.39, 0.29) is 6.54 Å². The van der Waals surface area contributed by atoms with Gasteiger partial charge in [-0.3, -0.25) is 10.1 Å². The maximum Gasteiger partial charge on any atom is 0.325 e. The van der Waals surface area contributed by atoms with E-state index in [0.29, 0.717) is 17.9 Å². The summed E-state index contributed by atoms with van der Waals surface area (Å²) in [6.45, 7) is 6.03. The summed E-state index contributed by atoms with van der Waals surface area (Å²) in [6, 6.07) is 8.20. The third kappa shape index (κ3) is 5.41. The van der Waals surface area contributed by atoms with Gasteiger partial charge in [-0.25, -0.2) is 0 Å². The Labute approximate surface area is 114 Å². The monoisotopic (exact) mass is 265 g/mol. The lowest BCUT2D eigenvalue weighted by Crippen LogP contribution is -2.42. The Bertz CT molecular complexity index is 401. The number of rotatable bonds is 7. The second kappa shape index (κ2) is 6.68. The number of hydrogen-bond acceptors (Lipinski definition) is 3. The van der Waals surface area contributed by atoms with Crippen molar-refractivity contribution in [3.8, 4) is 0 Å². The van der Waals surface area contributed by atoms with Crippen LogP contribution in [0.4, 0.5) is 0 Å². The van der Waals surface area contributed by atoms with E-state index in [4.69, 9.17) is 0 Å². The molecule has 0 spiro atoms. The average molecular weight is 265 g/mol. The fraction of sp³-hybridized carbons (Fsp3) is 0.533. The Hall–Kier alpha value is -1.39. The highest BCUT2D eigenvalue weighted by atomic mass is 16.4. The molecule has 1 aromatic carbocycles. The lowest BCUT2D eigenvalue weighted by atomic mass is 9.93. The molecule has 0 aromatic heterocycles. The molecule has 0 aliphatic heterocycles. The van der Waals surface area contributed by atoms with Crippen molar-refractivity contribution < 1.29 is 15.0 Å². The topological polar surface area (TPSA) is 69.6 Å². The van der Waals surface area contributed by atoms with Gasteiger partial charge in [-0.15, -0.1) is 0 Å². The molecule has 0 saturated heterocycles. The molecule has 3 N–H and O–H groups in total. The van der Waals surface area contributed by atoms with Crippen molar-refractivity contribution in [3.63, 3.8) is 0 Å². The van der Waals surface area contributed by atoms with Gasteiger partial charge < -0.3 is 10.2 Å². The zero-order valence-corrected chi connectivity index (χ0v) is 11.8. The number of benzene rings is 1. The van der Waals surface area contributed by atoms with Crippen LogP contribution in [-0.2, 0) is 4.79 Å². The molecule has 19 heavy (non-hydrogen) atoms. The van der Waals surface area contributed by atoms with E-state index in [1.54, 1.807) is 31.2 Å². The van der Waals surface area contributed by atoms with Crippen molar-refractivity contribution in [2.24, 2.45) is 5.92 Å². The summed E-state index contributed by atoms with van der Waals surface area (Å²) in [5, 5.41) is 22.4. The number of aliphatic hydroxyl groups is 1. The summed E-state index contributed by atoms with van der Waals surface area (Å²) in [6.07, 6.45) is 0.626. The molecule has 2 unspecified atom stereocenters. The molecule has 0 aliphatic rings. The Balaban J connectivity index is 2.69. The third-order valence-electron chi connectivity index (χ3n) is 2.91.